The van der Waals surface area contributed by atoms with Gasteiger partial charge >= 0.3 is 6.18 Å². The molecule has 0 unspecified atom stereocenters. The zero-order valence-electron chi connectivity index (χ0n) is 17.7. The van der Waals surface area contributed by atoms with Crippen LogP contribution in [0.2, 0.25) is 0 Å². The Balaban J connectivity index is 1.85. The van der Waals surface area contributed by atoms with E-state index in [-0.39, 0.29) is 33.6 Å². The Morgan fingerprint density at radius 1 is 1.18 bits per heavy atom. The van der Waals surface area contributed by atoms with Gasteiger partial charge in [-0.05, 0) is 31.0 Å². The lowest BCUT2D eigenvalue weighted by Crippen LogP contribution is -2.09. The molecule has 0 aromatic carbocycles. The molecule has 4 aromatic heterocycles. The highest BCUT2D eigenvalue weighted by atomic mass is 32.2. The Kier molecular flexibility index (Phi) is 4.82. The van der Waals surface area contributed by atoms with Gasteiger partial charge in [0.25, 0.3) is 0 Å². The average molecular weight is 476 g/mol. The smallest absolute Gasteiger partial charge is 0.324 e. The molecule has 4 heterocycles. The second-order valence-electron chi connectivity index (χ2n) is 7.91. The molecule has 1 aliphatic carbocycles. The third-order valence-corrected chi connectivity index (χ3v) is 7.48. The minimum absolute atomic E-state index is 0.0105. The van der Waals surface area contributed by atoms with Crippen molar-refractivity contribution in [3.8, 4) is 17.2 Å². The van der Waals surface area contributed by atoms with Crippen LogP contribution in [-0.4, -0.2) is 43.5 Å². The molecule has 1 fully saturated rings. The summed E-state index contributed by atoms with van der Waals surface area (Å²) >= 11 is 0. The van der Waals surface area contributed by atoms with Gasteiger partial charge < -0.3 is 4.57 Å². The number of pyridine rings is 2. The van der Waals surface area contributed by atoms with Gasteiger partial charge in [-0.1, -0.05) is 6.92 Å². The standard InChI is InChI=1S/C21H19F3N6O2S/c1-3-33(31,32)19-17(12-4-5-12)28-30(13-6-8-25-9-7-13)18(19)20-27-14-10-16(21(22,23)24)26-11-15(14)29(20)2/h6-12H,3-5H2,1-2H3. The lowest BCUT2D eigenvalue weighted by atomic mass is 10.2. The summed E-state index contributed by atoms with van der Waals surface area (Å²) in [5.41, 5.74) is 0.587. The first kappa shape index (κ1) is 21.6. The predicted molar refractivity (Wildman–Crippen MR) is 114 cm³/mol. The fourth-order valence-corrected chi connectivity index (χ4v) is 5.11. The van der Waals surface area contributed by atoms with E-state index in [0.29, 0.717) is 16.9 Å². The molecule has 5 rings (SSSR count). The van der Waals surface area contributed by atoms with Crippen molar-refractivity contribution in [2.45, 2.75) is 36.8 Å². The number of alkyl halides is 3. The molecule has 1 aliphatic rings. The van der Waals surface area contributed by atoms with Crippen molar-refractivity contribution in [3.63, 3.8) is 0 Å². The van der Waals surface area contributed by atoms with Gasteiger partial charge in [-0.15, -0.1) is 0 Å². The molecule has 0 amide bonds. The van der Waals surface area contributed by atoms with Crippen LogP contribution < -0.4 is 0 Å². The van der Waals surface area contributed by atoms with Crippen LogP contribution in [0.5, 0.6) is 0 Å². The molecule has 4 aromatic rings. The summed E-state index contributed by atoms with van der Waals surface area (Å²) in [6.07, 6.45) is 1.22. The summed E-state index contributed by atoms with van der Waals surface area (Å²) in [4.78, 5) is 12.0. The molecular formula is C21H19F3N6O2S. The van der Waals surface area contributed by atoms with E-state index in [1.807, 2.05) is 0 Å². The van der Waals surface area contributed by atoms with Crippen molar-refractivity contribution in [2.75, 3.05) is 5.75 Å². The minimum atomic E-state index is -4.62. The van der Waals surface area contributed by atoms with Crippen LogP contribution in [0.15, 0.2) is 41.7 Å². The molecule has 0 saturated heterocycles. The van der Waals surface area contributed by atoms with Gasteiger partial charge in [0.2, 0.25) is 0 Å². The first-order chi connectivity index (χ1) is 15.6. The van der Waals surface area contributed by atoms with Crippen molar-refractivity contribution in [3.05, 3.63) is 48.2 Å². The van der Waals surface area contributed by atoms with Crippen LogP contribution in [0.4, 0.5) is 13.2 Å². The van der Waals surface area contributed by atoms with Gasteiger partial charge in [0, 0.05) is 25.4 Å². The van der Waals surface area contributed by atoms with Crippen LogP contribution in [-0.2, 0) is 23.1 Å². The molecule has 33 heavy (non-hydrogen) atoms. The first-order valence-corrected chi connectivity index (χ1v) is 11.9. The molecule has 0 aliphatic heterocycles. The quantitative estimate of drug-likeness (QED) is 0.434. The summed E-state index contributed by atoms with van der Waals surface area (Å²) in [6.45, 7) is 1.55. The van der Waals surface area contributed by atoms with Gasteiger partial charge in [-0.25, -0.2) is 23.1 Å². The fourth-order valence-electron chi connectivity index (χ4n) is 3.82. The summed E-state index contributed by atoms with van der Waals surface area (Å²) in [7, 11) is -2.12. The van der Waals surface area contributed by atoms with Crippen LogP contribution in [0, 0.1) is 0 Å². The molecule has 8 nitrogen and oxygen atoms in total. The number of imidazole rings is 1. The summed E-state index contributed by atoms with van der Waals surface area (Å²) in [5.74, 6) is 0.0524. The van der Waals surface area contributed by atoms with Crippen molar-refractivity contribution in [1.82, 2.24) is 29.3 Å². The van der Waals surface area contributed by atoms with Crippen LogP contribution >= 0.6 is 0 Å². The zero-order chi connectivity index (χ0) is 23.5. The van der Waals surface area contributed by atoms with Gasteiger partial charge in [0.15, 0.2) is 15.7 Å². The lowest BCUT2D eigenvalue weighted by Gasteiger charge is -2.10. The number of rotatable bonds is 5. The number of sulfone groups is 1. The van der Waals surface area contributed by atoms with Crippen molar-refractivity contribution < 1.29 is 21.6 Å². The topological polar surface area (TPSA) is 95.6 Å². The zero-order valence-corrected chi connectivity index (χ0v) is 18.5. The minimum Gasteiger partial charge on any atom is -0.324 e. The molecule has 1 saturated carbocycles. The third-order valence-electron chi connectivity index (χ3n) is 5.70. The van der Waals surface area contributed by atoms with E-state index in [9.17, 15) is 21.6 Å². The maximum Gasteiger partial charge on any atom is 0.433 e. The molecule has 172 valence electrons. The monoisotopic (exact) mass is 476 g/mol. The first-order valence-electron chi connectivity index (χ1n) is 10.3. The molecule has 0 atom stereocenters. The predicted octanol–water partition coefficient (Wildman–Crippen LogP) is 3.91. The Morgan fingerprint density at radius 2 is 1.88 bits per heavy atom. The molecule has 0 spiro atoms. The summed E-state index contributed by atoms with van der Waals surface area (Å²) in [6, 6.07) is 4.23. The third kappa shape index (κ3) is 3.58. The van der Waals surface area contributed by atoms with E-state index >= 15 is 0 Å². The Hall–Kier alpha value is -3.28. The van der Waals surface area contributed by atoms with Crippen molar-refractivity contribution in [2.24, 2.45) is 7.05 Å². The number of hydrogen-bond donors (Lipinski definition) is 0. The molecular weight excluding hydrogens is 457 g/mol. The number of aromatic nitrogens is 6. The molecule has 0 bridgehead atoms. The van der Waals surface area contributed by atoms with E-state index in [4.69, 9.17) is 0 Å². The van der Waals surface area contributed by atoms with Gasteiger partial charge in [-0.3, -0.25) is 4.98 Å². The molecule has 0 radical (unpaired) electrons. The SMILES string of the molecule is CCS(=O)(=O)c1c(C2CC2)nn(-c2ccncc2)c1-c1nc2cc(C(F)(F)F)ncc2n1C. The number of nitrogens with zero attached hydrogens (tertiary/aromatic N) is 6. The maximum absolute atomic E-state index is 13.2. The second-order valence-corrected chi connectivity index (χ2v) is 10.1. The molecule has 12 heteroatoms. The van der Waals surface area contributed by atoms with E-state index in [0.717, 1.165) is 25.1 Å². The second kappa shape index (κ2) is 7.37. The van der Waals surface area contributed by atoms with E-state index in [2.05, 4.69) is 20.1 Å². The number of fused-ring (bicyclic) bond motifs is 1. The lowest BCUT2D eigenvalue weighted by molar-refractivity contribution is -0.141. The Labute approximate surface area is 187 Å². The number of halogens is 3. The molecule has 0 N–H and O–H groups in total. The number of hydrogen-bond acceptors (Lipinski definition) is 6. The highest BCUT2D eigenvalue weighted by molar-refractivity contribution is 7.91. The van der Waals surface area contributed by atoms with Crippen LogP contribution in [0.1, 0.15) is 37.1 Å². The van der Waals surface area contributed by atoms with Crippen LogP contribution in [0.25, 0.3) is 28.2 Å². The summed E-state index contributed by atoms with van der Waals surface area (Å²) < 4.78 is 69.1. The highest BCUT2D eigenvalue weighted by Gasteiger charge is 2.39. The van der Waals surface area contributed by atoms with E-state index in [1.54, 1.807) is 43.1 Å². The van der Waals surface area contributed by atoms with Crippen LogP contribution in [0.3, 0.4) is 0 Å². The number of aryl methyl sites for hydroxylation is 1. The van der Waals surface area contributed by atoms with Gasteiger partial charge in [-0.2, -0.15) is 18.3 Å². The Morgan fingerprint density at radius 3 is 2.48 bits per heavy atom. The average Bonchev–Trinajstić information content (AvgIpc) is 3.48. The van der Waals surface area contributed by atoms with Gasteiger partial charge in [0.05, 0.1) is 34.4 Å². The normalized spacial score (nSPS) is 14.8. The maximum atomic E-state index is 13.2. The van der Waals surface area contributed by atoms with E-state index in [1.165, 1.54) is 4.68 Å². The van der Waals surface area contributed by atoms with Crippen molar-refractivity contribution in [1.29, 1.82) is 0 Å². The van der Waals surface area contributed by atoms with E-state index < -0.39 is 21.7 Å². The Bertz CT molecular complexity index is 1470. The highest BCUT2D eigenvalue weighted by Crippen LogP contribution is 2.46. The van der Waals surface area contributed by atoms with Crippen molar-refractivity contribution >= 4 is 20.9 Å². The summed E-state index contributed by atoms with van der Waals surface area (Å²) in [5, 5.41) is 4.66. The fraction of sp³-hybridized carbons (Fsp3) is 0.333. The largest absolute Gasteiger partial charge is 0.433 e. The van der Waals surface area contributed by atoms with Gasteiger partial charge in [0.1, 0.15) is 16.3 Å².